The molecular weight excluding hydrogens is 354 g/mol. The third-order valence-electron chi connectivity index (χ3n) is 5.04. The zero-order chi connectivity index (χ0) is 20.3. The van der Waals surface area contributed by atoms with Crippen LogP contribution in [0.5, 0.6) is 0 Å². The number of aliphatic carboxylic acids is 1. The van der Waals surface area contributed by atoms with Crippen molar-refractivity contribution < 1.29 is 14.7 Å². The Labute approximate surface area is 164 Å². The van der Waals surface area contributed by atoms with E-state index in [9.17, 15) is 9.59 Å². The highest BCUT2D eigenvalue weighted by molar-refractivity contribution is 5.96. The highest BCUT2D eigenvalue weighted by Gasteiger charge is 2.17. The number of carboxylic acids is 1. The number of aromatic nitrogens is 3. The minimum absolute atomic E-state index is 0.0243. The normalized spacial score (nSPS) is 11.1. The lowest BCUT2D eigenvalue weighted by molar-refractivity contribution is -0.137. The number of hydrogen-bond donors (Lipinski definition) is 1. The molecule has 0 radical (unpaired) electrons. The standard InChI is InChI=1S/C22H25N3O3/c1-4-18-9-10-20-22(17-11-16(15(3)26)12-23-13-17)19(14(2)24-25(18)20)7-5-6-8-21(27)28/h9-13H,4-8H2,1-3H3,(H,27,28). The minimum Gasteiger partial charge on any atom is -0.481 e. The molecule has 0 aliphatic carbocycles. The topological polar surface area (TPSA) is 84.6 Å². The molecule has 0 aliphatic heterocycles. The Balaban J connectivity index is 2.14. The number of hydrogen-bond acceptors (Lipinski definition) is 4. The number of fused-ring (bicyclic) bond motifs is 1. The number of carbonyl (C=O) groups excluding carboxylic acids is 1. The Morgan fingerprint density at radius 2 is 1.96 bits per heavy atom. The number of pyridine rings is 1. The third-order valence-corrected chi connectivity index (χ3v) is 5.04. The van der Waals surface area contributed by atoms with Crippen LogP contribution < -0.4 is 0 Å². The van der Waals surface area contributed by atoms with Crippen LogP contribution in [0.25, 0.3) is 16.6 Å². The fourth-order valence-corrected chi connectivity index (χ4v) is 3.57. The van der Waals surface area contributed by atoms with Crippen LogP contribution >= 0.6 is 0 Å². The summed E-state index contributed by atoms with van der Waals surface area (Å²) in [4.78, 5) is 27.0. The summed E-state index contributed by atoms with van der Waals surface area (Å²) in [5.41, 5.74) is 6.59. The van der Waals surface area contributed by atoms with Gasteiger partial charge in [0, 0.05) is 41.2 Å². The molecule has 3 rings (SSSR count). The number of carboxylic acid groups (broad SMARTS) is 1. The highest BCUT2D eigenvalue weighted by Crippen LogP contribution is 2.32. The molecule has 3 aromatic rings. The summed E-state index contributed by atoms with van der Waals surface area (Å²) in [7, 11) is 0. The lowest BCUT2D eigenvalue weighted by atomic mass is 9.94. The highest BCUT2D eigenvalue weighted by atomic mass is 16.4. The summed E-state index contributed by atoms with van der Waals surface area (Å²) in [6.45, 7) is 5.61. The predicted molar refractivity (Wildman–Crippen MR) is 108 cm³/mol. The predicted octanol–water partition coefficient (Wildman–Crippen LogP) is 4.27. The van der Waals surface area contributed by atoms with E-state index in [2.05, 4.69) is 24.0 Å². The van der Waals surface area contributed by atoms with Crippen molar-refractivity contribution in [2.75, 3.05) is 0 Å². The van der Waals surface area contributed by atoms with Gasteiger partial charge in [-0.25, -0.2) is 4.52 Å². The molecule has 3 heterocycles. The molecule has 0 spiro atoms. The van der Waals surface area contributed by atoms with Crippen molar-refractivity contribution in [1.82, 2.24) is 14.6 Å². The molecule has 0 saturated heterocycles. The number of nitrogens with zero attached hydrogens (tertiary/aromatic N) is 3. The average molecular weight is 379 g/mol. The molecule has 28 heavy (non-hydrogen) atoms. The zero-order valence-electron chi connectivity index (χ0n) is 16.5. The second-order valence-electron chi connectivity index (χ2n) is 7.03. The van der Waals surface area contributed by atoms with Crippen LogP contribution in [0.2, 0.25) is 0 Å². The fraction of sp³-hybridized carbons (Fsp3) is 0.364. The molecule has 0 aliphatic rings. The van der Waals surface area contributed by atoms with E-state index >= 15 is 0 Å². The van der Waals surface area contributed by atoms with Gasteiger partial charge in [0.25, 0.3) is 0 Å². The van der Waals surface area contributed by atoms with Gasteiger partial charge < -0.3 is 5.11 Å². The molecule has 0 saturated carbocycles. The van der Waals surface area contributed by atoms with Crippen LogP contribution in [-0.4, -0.2) is 31.5 Å². The van der Waals surface area contributed by atoms with Gasteiger partial charge in [-0.1, -0.05) is 6.92 Å². The second kappa shape index (κ2) is 8.33. The Kier molecular flexibility index (Phi) is 5.87. The largest absolute Gasteiger partial charge is 0.481 e. The van der Waals surface area contributed by atoms with Crippen LogP contribution in [-0.2, 0) is 17.6 Å². The summed E-state index contributed by atoms with van der Waals surface area (Å²) in [6, 6.07) is 6.01. The van der Waals surface area contributed by atoms with Gasteiger partial charge in [-0.2, -0.15) is 5.10 Å². The van der Waals surface area contributed by atoms with E-state index < -0.39 is 5.97 Å². The maximum absolute atomic E-state index is 11.9. The Morgan fingerprint density at radius 1 is 1.18 bits per heavy atom. The van der Waals surface area contributed by atoms with E-state index in [4.69, 9.17) is 10.2 Å². The Hall–Kier alpha value is -3.02. The van der Waals surface area contributed by atoms with Gasteiger partial charge in [-0.05, 0) is 63.3 Å². The van der Waals surface area contributed by atoms with Crippen molar-refractivity contribution in [3.8, 4) is 11.1 Å². The second-order valence-corrected chi connectivity index (χ2v) is 7.03. The quantitative estimate of drug-likeness (QED) is 0.467. The van der Waals surface area contributed by atoms with Crippen molar-refractivity contribution in [3.63, 3.8) is 0 Å². The van der Waals surface area contributed by atoms with Crippen molar-refractivity contribution in [3.05, 3.63) is 53.1 Å². The van der Waals surface area contributed by atoms with Crippen LogP contribution in [0.1, 0.15) is 60.4 Å². The molecule has 0 unspecified atom stereocenters. The fourth-order valence-electron chi connectivity index (χ4n) is 3.57. The van der Waals surface area contributed by atoms with E-state index in [1.165, 1.54) is 6.92 Å². The van der Waals surface area contributed by atoms with E-state index in [1.807, 2.05) is 17.5 Å². The van der Waals surface area contributed by atoms with Crippen molar-refractivity contribution in [2.24, 2.45) is 0 Å². The van der Waals surface area contributed by atoms with Gasteiger partial charge in [-0.3, -0.25) is 14.6 Å². The minimum atomic E-state index is -0.775. The first-order valence-corrected chi connectivity index (χ1v) is 9.60. The van der Waals surface area contributed by atoms with E-state index in [1.54, 1.807) is 12.4 Å². The molecule has 6 heteroatoms. The third kappa shape index (κ3) is 3.96. The van der Waals surface area contributed by atoms with E-state index in [0.29, 0.717) is 12.0 Å². The number of aryl methyl sites for hydroxylation is 2. The average Bonchev–Trinajstić information content (AvgIpc) is 3.07. The summed E-state index contributed by atoms with van der Waals surface area (Å²) >= 11 is 0. The molecule has 0 bridgehead atoms. The first-order valence-electron chi connectivity index (χ1n) is 9.60. The summed E-state index contributed by atoms with van der Waals surface area (Å²) in [5.74, 6) is -0.799. The monoisotopic (exact) mass is 379 g/mol. The smallest absolute Gasteiger partial charge is 0.303 e. The number of rotatable bonds is 8. The summed E-state index contributed by atoms with van der Waals surface area (Å²) < 4.78 is 1.96. The summed E-state index contributed by atoms with van der Waals surface area (Å²) in [5, 5.41) is 13.7. The van der Waals surface area contributed by atoms with Crippen LogP contribution in [0.3, 0.4) is 0 Å². The first-order chi connectivity index (χ1) is 13.4. The van der Waals surface area contributed by atoms with Crippen molar-refractivity contribution >= 4 is 17.3 Å². The lowest BCUT2D eigenvalue weighted by Gasteiger charge is -2.16. The Bertz CT molecular complexity index is 1040. The zero-order valence-corrected chi connectivity index (χ0v) is 16.5. The van der Waals surface area contributed by atoms with Crippen molar-refractivity contribution in [2.45, 2.75) is 52.9 Å². The molecule has 3 aromatic heterocycles. The number of carbonyl (C=O) groups is 2. The van der Waals surface area contributed by atoms with Crippen LogP contribution in [0.15, 0.2) is 30.6 Å². The van der Waals surface area contributed by atoms with Gasteiger partial charge in [0.05, 0.1) is 11.2 Å². The van der Waals surface area contributed by atoms with E-state index in [0.717, 1.165) is 52.9 Å². The number of unbranched alkanes of at least 4 members (excludes halogenated alkanes) is 1. The molecule has 1 N–H and O–H groups in total. The molecule has 6 nitrogen and oxygen atoms in total. The van der Waals surface area contributed by atoms with Gasteiger partial charge in [0.2, 0.25) is 0 Å². The lowest BCUT2D eigenvalue weighted by Crippen LogP contribution is -2.07. The van der Waals surface area contributed by atoms with Gasteiger partial charge in [-0.15, -0.1) is 0 Å². The Morgan fingerprint density at radius 3 is 2.64 bits per heavy atom. The molecule has 146 valence electrons. The molecule has 0 atom stereocenters. The SMILES string of the molecule is CCc1ccc2c(-c3cncc(C(C)=O)c3)c(CCCCC(=O)O)c(C)nn12. The van der Waals surface area contributed by atoms with Crippen LogP contribution in [0.4, 0.5) is 0 Å². The molecule has 0 amide bonds. The first kappa shape index (κ1) is 19.7. The van der Waals surface area contributed by atoms with Gasteiger partial charge in [0.15, 0.2) is 5.78 Å². The molecule has 0 fully saturated rings. The number of ketones is 1. The maximum Gasteiger partial charge on any atom is 0.303 e. The summed E-state index contributed by atoms with van der Waals surface area (Å²) in [6.07, 6.45) is 6.50. The molecule has 0 aromatic carbocycles. The number of Topliss-reactive ketones (excluding diaryl/α,β-unsaturated/α-hetero) is 1. The van der Waals surface area contributed by atoms with Gasteiger partial charge >= 0.3 is 5.97 Å². The molecular formula is C22H25N3O3. The van der Waals surface area contributed by atoms with E-state index in [-0.39, 0.29) is 12.2 Å². The van der Waals surface area contributed by atoms with Crippen LogP contribution in [0, 0.1) is 6.92 Å². The van der Waals surface area contributed by atoms with Crippen molar-refractivity contribution in [1.29, 1.82) is 0 Å². The van der Waals surface area contributed by atoms with Gasteiger partial charge in [0.1, 0.15) is 0 Å². The maximum atomic E-state index is 11.9.